The van der Waals surface area contributed by atoms with Gasteiger partial charge in [0.15, 0.2) is 0 Å². The van der Waals surface area contributed by atoms with Gasteiger partial charge in [-0.1, -0.05) is 18.2 Å². The largest absolute Gasteiger partial charge is 0.495 e. The summed E-state index contributed by atoms with van der Waals surface area (Å²) in [6.07, 6.45) is 0. The number of nitrogens with one attached hydrogen (secondary N) is 2. The molecule has 2 amide bonds. The van der Waals surface area contributed by atoms with E-state index in [2.05, 4.69) is 10.6 Å². The molecule has 0 saturated carbocycles. The molecule has 0 radical (unpaired) electrons. The Morgan fingerprint density at radius 3 is 2.54 bits per heavy atom. The van der Waals surface area contributed by atoms with Crippen LogP contribution in [0.1, 0.15) is 13.8 Å². The van der Waals surface area contributed by atoms with Crippen LogP contribution in [0.5, 0.6) is 5.75 Å². The Hall–Kier alpha value is -2.47. The maximum atomic E-state index is 12.4. The molecule has 0 aliphatic carbocycles. The van der Waals surface area contributed by atoms with Gasteiger partial charge < -0.3 is 15.4 Å². The Morgan fingerprint density at radius 2 is 1.83 bits per heavy atom. The fourth-order valence-electron chi connectivity index (χ4n) is 2.09. The first-order valence-electron chi connectivity index (χ1n) is 7.48. The molecule has 0 spiro atoms. The molecule has 0 fully saturated rings. The summed E-state index contributed by atoms with van der Waals surface area (Å²) in [7, 11) is 1.57. The predicted octanol–water partition coefficient (Wildman–Crippen LogP) is 3.77. The lowest BCUT2D eigenvalue weighted by molar-refractivity contribution is -0.115. The summed E-state index contributed by atoms with van der Waals surface area (Å²) >= 11 is 1.42. The summed E-state index contributed by atoms with van der Waals surface area (Å²) in [5, 5.41) is 5.30. The Bertz CT molecular complexity index is 734. The van der Waals surface area contributed by atoms with Gasteiger partial charge in [-0.3, -0.25) is 9.59 Å². The molecule has 0 heterocycles. The number of carbonyl (C=O) groups is 2. The average molecular weight is 344 g/mol. The van der Waals surface area contributed by atoms with E-state index < -0.39 is 0 Å². The molecular formula is C18H20N2O3S. The number of para-hydroxylation sites is 2. The number of carbonyl (C=O) groups excluding carboxylic acids is 2. The topological polar surface area (TPSA) is 67.4 Å². The predicted molar refractivity (Wildman–Crippen MR) is 97.7 cm³/mol. The Morgan fingerprint density at radius 1 is 1.08 bits per heavy atom. The van der Waals surface area contributed by atoms with Crippen LogP contribution in [0.2, 0.25) is 0 Å². The third-order valence-electron chi connectivity index (χ3n) is 3.20. The lowest BCUT2D eigenvalue weighted by Crippen LogP contribution is -2.22. The molecule has 126 valence electrons. The van der Waals surface area contributed by atoms with Crippen LogP contribution in [-0.2, 0) is 9.59 Å². The summed E-state index contributed by atoms with van der Waals surface area (Å²) in [6.45, 7) is 3.30. The van der Waals surface area contributed by atoms with Crippen LogP contribution in [0.25, 0.3) is 0 Å². The molecule has 1 atom stereocenters. The molecule has 24 heavy (non-hydrogen) atoms. The molecule has 0 aliphatic rings. The van der Waals surface area contributed by atoms with Gasteiger partial charge in [-0.25, -0.2) is 0 Å². The molecule has 2 N–H and O–H groups in total. The van der Waals surface area contributed by atoms with E-state index in [1.165, 1.54) is 18.7 Å². The van der Waals surface area contributed by atoms with E-state index in [-0.39, 0.29) is 17.1 Å². The zero-order valence-electron chi connectivity index (χ0n) is 13.8. The number of hydrogen-bond donors (Lipinski definition) is 2. The van der Waals surface area contributed by atoms with Crippen LogP contribution in [-0.4, -0.2) is 24.2 Å². The van der Waals surface area contributed by atoms with Gasteiger partial charge in [0.1, 0.15) is 5.75 Å². The third-order valence-corrected chi connectivity index (χ3v) is 4.30. The van der Waals surface area contributed by atoms with Crippen molar-refractivity contribution >= 4 is 35.0 Å². The fraction of sp³-hybridized carbons (Fsp3) is 0.222. The number of thioether (sulfide) groups is 1. The number of ether oxygens (including phenoxy) is 1. The minimum Gasteiger partial charge on any atom is -0.495 e. The number of amides is 2. The van der Waals surface area contributed by atoms with Crippen LogP contribution < -0.4 is 15.4 Å². The Balaban J connectivity index is 2.02. The maximum absolute atomic E-state index is 12.4. The lowest BCUT2D eigenvalue weighted by atomic mass is 10.3. The van der Waals surface area contributed by atoms with Gasteiger partial charge in [0.2, 0.25) is 11.8 Å². The van der Waals surface area contributed by atoms with E-state index in [0.717, 1.165) is 4.90 Å². The van der Waals surface area contributed by atoms with Crippen molar-refractivity contribution in [2.75, 3.05) is 17.7 Å². The van der Waals surface area contributed by atoms with Gasteiger partial charge >= 0.3 is 0 Å². The fourth-order valence-corrected chi connectivity index (χ4v) is 3.02. The zero-order valence-corrected chi connectivity index (χ0v) is 14.6. The first-order chi connectivity index (χ1) is 11.5. The van der Waals surface area contributed by atoms with Crippen LogP contribution in [0, 0.1) is 0 Å². The van der Waals surface area contributed by atoms with Crippen molar-refractivity contribution in [1.82, 2.24) is 0 Å². The summed E-state index contributed by atoms with van der Waals surface area (Å²) in [5.74, 6) is 0.379. The Labute approximate surface area is 145 Å². The highest BCUT2D eigenvalue weighted by molar-refractivity contribution is 8.00. The smallest absolute Gasteiger partial charge is 0.237 e. The van der Waals surface area contributed by atoms with Crippen molar-refractivity contribution in [1.29, 1.82) is 0 Å². The molecular weight excluding hydrogens is 324 g/mol. The Kier molecular flexibility index (Phi) is 6.26. The van der Waals surface area contributed by atoms with Gasteiger partial charge in [-0.05, 0) is 37.3 Å². The SMILES string of the molecule is COc1ccccc1NC(=O)C(C)Sc1cccc(NC(C)=O)c1. The number of hydrogen-bond acceptors (Lipinski definition) is 4. The first-order valence-corrected chi connectivity index (χ1v) is 8.35. The van der Waals surface area contributed by atoms with Gasteiger partial charge in [0.05, 0.1) is 18.0 Å². The highest BCUT2D eigenvalue weighted by Crippen LogP contribution is 2.28. The van der Waals surface area contributed by atoms with Crippen molar-refractivity contribution in [3.8, 4) is 5.75 Å². The standard InChI is InChI=1S/C18H20N2O3S/c1-12(18(22)20-16-9-4-5-10-17(16)23-3)24-15-8-6-7-14(11-15)19-13(2)21/h4-12H,1-3H3,(H,19,21)(H,20,22). The van der Waals surface area contributed by atoms with E-state index >= 15 is 0 Å². The maximum Gasteiger partial charge on any atom is 0.237 e. The molecule has 5 nitrogen and oxygen atoms in total. The first kappa shape index (κ1) is 17.9. The number of methoxy groups -OCH3 is 1. The van der Waals surface area contributed by atoms with E-state index in [0.29, 0.717) is 17.1 Å². The molecule has 1 unspecified atom stereocenters. The summed E-state index contributed by atoms with van der Waals surface area (Å²) < 4.78 is 5.24. The monoisotopic (exact) mass is 344 g/mol. The third kappa shape index (κ3) is 5.03. The molecule has 0 aromatic heterocycles. The van der Waals surface area contributed by atoms with Gasteiger partial charge in [-0.2, -0.15) is 0 Å². The lowest BCUT2D eigenvalue weighted by Gasteiger charge is -2.14. The molecule has 6 heteroatoms. The van der Waals surface area contributed by atoms with Crippen LogP contribution in [0.4, 0.5) is 11.4 Å². The second-order valence-electron chi connectivity index (χ2n) is 5.16. The highest BCUT2D eigenvalue weighted by atomic mass is 32.2. The second-order valence-corrected chi connectivity index (χ2v) is 6.57. The minimum atomic E-state index is -0.303. The van der Waals surface area contributed by atoms with Crippen molar-refractivity contribution in [2.24, 2.45) is 0 Å². The van der Waals surface area contributed by atoms with E-state index in [1.807, 2.05) is 43.3 Å². The van der Waals surface area contributed by atoms with Crippen molar-refractivity contribution in [3.63, 3.8) is 0 Å². The van der Waals surface area contributed by atoms with Crippen molar-refractivity contribution in [2.45, 2.75) is 24.0 Å². The van der Waals surface area contributed by atoms with E-state index in [4.69, 9.17) is 4.74 Å². The number of benzene rings is 2. The molecule has 2 rings (SSSR count). The summed E-state index contributed by atoms with van der Waals surface area (Å²) in [4.78, 5) is 24.4. The number of anilines is 2. The van der Waals surface area contributed by atoms with Crippen LogP contribution in [0.3, 0.4) is 0 Å². The van der Waals surface area contributed by atoms with Crippen LogP contribution >= 0.6 is 11.8 Å². The van der Waals surface area contributed by atoms with Crippen LogP contribution in [0.15, 0.2) is 53.4 Å². The average Bonchev–Trinajstić information content (AvgIpc) is 2.55. The van der Waals surface area contributed by atoms with Gasteiger partial charge in [0.25, 0.3) is 0 Å². The van der Waals surface area contributed by atoms with Gasteiger partial charge in [-0.15, -0.1) is 11.8 Å². The molecule has 0 saturated heterocycles. The molecule has 0 bridgehead atoms. The minimum absolute atomic E-state index is 0.116. The number of rotatable bonds is 6. The summed E-state index contributed by atoms with van der Waals surface area (Å²) in [5.41, 5.74) is 1.36. The quantitative estimate of drug-likeness (QED) is 0.783. The van der Waals surface area contributed by atoms with Crippen molar-refractivity contribution in [3.05, 3.63) is 48.5 Å². The second kappa shape index (κ2) is 8.40. The molecule has 2 aromatic rings. The van der Waals surface area contributed by atoms with Crippen molar-refractivity contribution < 1.29 is 14.3 Å². The molecule has 2 aromatic carbocycles. The normalized spacial score (nSPS) is 11.5. The molecule has 0 aliphatic heterocycles. The van der Waals surface area contributed by atoms with Gasteiger partial charge in [0, 0.05) is 17.5 Å². The highest BCUT2D eigenvalue weighted by Gasteiger charge is 2.16. The van der Waals surface area contributed by atoms with E-state index in [9.17, 15) is 9.59 Å². The summed E-state index contributed by atoms with van der Waals surface area (Å²) in [6, 6.07) is 14.7. The van der Waals surface area contributed by atoms with E-state index in [1.54, 1.807) is 19.2 Å². The zero-order chi connectivity index (χ0) is 17.5.